The van der Waals surface area contributed by atoms with Gasteiger partial charge < -0.3 is 0 Å². The normalized spacial score (nSPS) is 11.3. The van der Waals surface area contributed by atoms with Gasteiger partial charge in [0.1, 0.15) is 11.6 Å². The summed E-state index contributed by atoms with van der Waals surface area (Å²) in [6.07, 6.45) is 4.40. The number of aromatic amines is 2. The van der Waals surface area contributed by atoms with Crippen LogP contribution < -0.4 is 0 Å². The van der Waals surface area contributed by atoms with Crippen molar-refractivity contribution in [1.29, 1.82) is 0 Å². The second-order valence-electron chi connectivity index (χ2n) is 6.40. The van der Waals surface area contributed by atoms with Crippen LogP contribution in [0.1, 0.15) is 32.0 Å². The van der Waals surface area contributed by atoms with Crippen molar-refractivity contribution >= 4 is 10.9 Å². The maximum Gasteiger partial charge on any atom is 0.181 e. The molecule has 4 aromatic rings. The van der Waals surface area contributed by atoms with Crippen LogP contribution in [0.5, 0.6) is 0 Å². The number of hydrogen-bond donors (Lipinski definition) is 2. The van der Waals surface area contributed by atoms with Gasteiger partial charge in [-0.05, 0) is 48.9 Å². The van der Waals surface area contributed by atoms with Crippen LogP contribution in [0.2, 0.25) is 0 Å². The van der Waals surface area contributed by atoms with E-state index in [0.29, 0.717) is 5.82 Å². The number of aryl methyl sites for hydroxylation is 1. The maximum absolute atomic E-state index is 13.2. The zero-order chi connectivity index (χ0) is 17.9. The first-order valence-electron chi connectivity index (χ1n) is 8.90. The Morgan fingerprint density at radius 3 is 2.54 bits per heavy atom. The summed E-state index contributed by atoms with van der Waals surface area (Å²) in [6.45, 7) is 2.19. The molecule has 0 fully saturated rings. The third-order valence-corrected chi connectivity index (χ3v) is 4.49. The zero-order valence-corrected chi connectivity index (χ0v) is 14.6. The fourth-order valence-electron chi connectivity index (χ4n) is 3.06. The van der Waals surface area contributed by atoms with Crippen LogP contribution >= 0.6 is 0 Å². The highest BCUT2D eigenvalue weighted by atomic mass is 19.1. The molecule has 2 aromatic heterocycles. The molecule has 0 unspecified atom stereocenters. The standard InChI is InChI=1S/C20H20FN5/c1-2-3-4-5-18-22-20(26-24-18)14-8-11-17-16(12-14)19(25-23-17)13-6-9-15(21)10-7-13/h6-12H,2-5H2,1H3,(H,23,25)(H,22,24,26). The Morgan fingerprint density at radius 2 is 1.73 bits per heavy atom. The monoisotopic (exact) mass is 349 g/mol. The predicted octanol–water partition coefficient (Wildman–Crippen LogP) is 4.89. The van der Waals surface area contributed by atoms with Crippen LogP contribution in [0.15, 0.2) is 42.5 Å². The summed E-state index contributed by atoms with van der Waals surface area (Å²) in [7, 11) is 0. The van der Waals surface area contributed by atoms with Crippen molar-refractivity contribution in [2.24, 2.45) is 0 Å². The van der Waals surface area contributed by atoms with E-state index in [0.717, 1.165) is 46.4 Å². The quantitative estimate of drug-likeness (QED) is 0.487. The Labute approximate surface area is 150 Å². The molecule has 2 heterocycles. The number of H-pyrrole nitrogens is 2. The number of nitrogens with zero attached hydrogens (tertiary/aromatic N) is 3. The van der Waals surface area contributed by atoms with E-state index in [1.165, 1.54) is 25.0 Å². The molecule has 0 saturated heterocycles. The lowest BCUT2D eigenvalue weighted by Crippen LogP contribution is -1.88. The predicted molar refractivity (Wildman–Crippen MR) is 100 cm³/mol. The lowest BCUT2D eigenvalue weighted by Gasteiger charge is -2.00. The van der Waals surface area contributed by atoms with Crippen molar-refractivity contribution in [2.75, 3.05) is 0 Å². The van der Waals surface area contributed by atoms with Crippen LogP contribution in [0.3, 0.4) is 0 Å². The van der Waals surface area contributed by atoms with Crippen molar-refractivity contribution in [2.45, 2.75) is 32.6 Å². The van der Waals surface area contributed by atoms with E-state index in [4.69, 9.17) is 0 Å². The molecular formula is C20H20FN5. The third kappa shape index (κ3) is 3.22. The number of unbranched alkanes of at least 4 members (excludes halogenated alkanes) is 2. The van der Waals surface area contributed by atoms with E-state index in [-0.39, 0.29) is 5.82 Å². The summed E-state index contributed by atoms with van der Waals surface area (Å²) in [6, 6.07) is 12.3. The molecule has 132 valence electrons. The Bertz CT molecular complexity index is 1020. The van der Waals surface area contributed by atoms with Crippen LogP contribution in [-0.2, 0) is 6.42 Å². The van der Waals surface area contributed by atoms with Crippen LogP contribution in [0, 0.1) is 5.82 Å². The van der Waals surface area contributed by atoms with Gasteiger partial charge >= 0.3 is 0 Å². The number of rotatable bonds is 6. The second kappa shape index (κ2) is 7.07. The van der Waals surface area contributed by atoms with Gasteiger partial charge in [-0.2, -0.15) is 10.2 Å². The van der Waals surface area contributed by atoms with Gasteiger partial charge in [-0.3, -0.25) is 10.2 Å². The van der Waals surface area contributed by atoms with E-state index >= 15 is 0 Å². The van der Waals surface area contributed by atoms with Crippen LogP contribution in [0.25, 0.3) is 33.5 Å². The van der Waals surface area contributed by atoms with Crippen LogP contribution in [0.4, 0.5) is 4.39 Å². The lowest BCUT2D eigenvalue weighted by atomic mass is 10.1. The SMILES string of the molecule is CCCCCc1nc(-c2ccc3[nH]nc(-c4ccc(F)cc4)c3c2)n[nH]1. The molecule has 0 amide bonds. The minimum Gasteiger partial charge on any atom is -0.277 e. The number of nitrogens with one attached hydrogen (secondary N) is 2. The summed E-state index contributed by atoms with van der Waals surface area (Å²) in [4.78, 5) is 4.61. The van der Waals surface area contributed by atoms with Gasteiger partial charge in [0.2, 0.25) is 0 Å². The van der Waals surface area contributed by atoms with Gasteiger partial charge in [0.15, 0.2) is 5.82 Å². The Kier molecular flexibility index (Phi) is 4.48. The first-order valence-corrected chi connectivity index (χ1v) is 8.90. The van der Waals surface area contributed by atoms with E-state index in [1.54, 1.807) is 12.1 Å². The van der Waals surface area contributed by atoms with Gasteiger partial charge in [-0.1, -0.05) is 19.8 Å². The minimum absolute atomic E-state index is 0.259. The molecule has 0 radical (unpaired) electrons. The molecule has 0 aliphatic carbocycles. The molecule has 0 aliphatic heterocycles. The molecule has 5 nitrogen and oxygen atoms in total. The van der Waals surface area contributed by atoms with Gasteiger partial charge in [0.05, 0.1) is 11.2 Å². The molecule has 0 bridgehead atoms. The molecule has 0 saturated carbocycles. The number of fused-ring (bicyclic) bond motifs is 1. The largest absolute Gasteiger partial charge is 0.277 e. The number of halogens is 1. The molecule has 26 heavy (non-hydrogen) atoms. The number of aromatic nitrogens is 5. The van der Waals surface area contributed by atoms with E-state index in [2.05, 4.69) is 32.3 Å². The summed E-state index contributed by atoms with van der Waals surface area (Å²) in [5, 5.41) is 15.8. The fraction of sp³-hybridized carbons (Fsp3) is 0.250. The van der Waals surface area contributed by atoms with Gasteiger partial charge in [0, 0.05) is 22.9 Å². The first-order chi connectivity index (χ1) is 12.7. The van der Waals surface area contributed by atoms with Gasteiger partial charge in [-0.25, -0.2) is 9.37 Å². The van der Waals surface area contributed by atoms with Crippen molar-refractivity contribution in [3.8, 4) is 22.6 Å². The van der Waals surface area contributed by atoms with E-state index in [9.17, 15) is 4.39 Å². The minimum atomic E-state index is -0.259. The highest BCUT2D eigenvalue weighted by Gasteiger charge is 2.12. The Hall–Kier alpha value is -3.02. The lowest BCUT2D eigenvalue weighted by molar-refractivity contribution is 0.628. The van der Waals surface area contributed by atoms with Crippen molar-refractivity contribution in [3.05, 3.63) is 54.1 Å². The molecule has 0 aliphatic rings. The molecule has 4 rings (SSSR count). The van der Waals surface area contributed by atoms with Crippen molar-refractivity contribution in [1.82, 2.24) is 25.4 Å². The first kappa shape index (κ1) is 16.4. The summed E-state index contributed by atoms with van der Waals surface area (Å²) in [5.74, 6) is 1.34. The third-order valence-electron chi connectivity index (χ3n) is 4.49. The smallest absolute Gasteiger partial charge is 0.181 e. The van der Waals surface area contributed by atoms with Crippen LogP contribution in [-0.4, -0.2) is 25.4 Å². The molecular weight excluding hydrogens is 329 g/mol. The fourth-order valence-corrected chi connectivity index (χ4v) is 3.06. The molecule has 0 atom stereocenters. The summed E-state index contributed by atoms with van der Waals surface area (Å²) in [5.41, 5.74) is 3.51. The molecule has 0 spiro atoms. The van der Waals surface area contributed by atoms with Gasteiger partial charge in [0.25, 0.3) is 0 Å². The van der Waals surface area contributed by atoms with Gasteiger partial charge in [-0.15, -0.1) is 0 Å². The topological polar surface area (TPSA) is 70.2 Å². The average molecular weight is 349 g/mol. The molecule has 2 N–H and O–H groups in total. The van der Waals surface area contributed by atoms with E-state index in [1.807, 2.05) is 18.2 Å². The number of benzene rings is 2. The highest BCUT2D eigenvalue weighted by molar-refractivity contribution is 5.95. The summed E-state index contributed by atoms with van der Waals surface area (Å²) < 4.78 is 13.2. The Balaban J connectivity index is 1.67. The zero-order valence-electron chi connectivity index (χ0n) is 14.6. The van der Waals surface area contributed by atoms with Crippen molar-refractivity contribution < 1.29 is 4.39 Å². The second-order valence-corrected chi connectivity index (χ2v) is 6.40. The summed E-state index contributed by atoms with van der Waals surface area (Å²) >= 11 is 0. The maximum atomic E-state index is 13.2. The van der Waals surface area contributed by atoms with Crippen molar-refractivity contribution in [3.63, 3.8) is 0 Å². The molecule has 6 heteroatoms. The average Bonchev–Trinajstić information content (AvgIpc) is 3.29. The Morgan fingerprint density at radius 1 is 0.923 bits per heavy atom. The highest BCUT2D eigenvalue weighted by Crippen LogP contribution is 2.29. The molecule has 2 aromatic carbocycles. The van der Waals surface area contributed by atoms with E-state index < -0.39 is 0 Å². The number of hydrogen-bond acceptors (Lipinski definition) is 3.